The summed E-state index contributed by atoms with van der Waals surface area (Å²) in [5.41, 5.74) is 0.489. The fourth-order valence-electron chi connectivity index (χ4n) is 2.20. The zero-order valence-corrected chi connectivity index (χ0v) is 16.6. The minimum absolute atomic E-state index is 0.174. The van der Waals surface area contributed by atoms with Crippen molar-refractivity contribution >= 4 is 40.9 Å². The van der Waals surface area contributed by atoms with Crippen molar-refractivity contribution in [1.29, 1.82) is 0 Å². The van der Waals surface area contributed by atoms with Crippen LogP contribution in [-0.4, -0.2) is 24.3 Å². The standard InChI is InChI=1S/C19H20Cl2FNO2S/c1-2-18(25-14-8-6-13(20)7-9-14)19(24)23-10-11-26-12-15-16(21)4-3-5-17(15)22/h3-9,18H,2,10-12H2,1H3,(H,23,24)/t18-/m1/s1. The van der Waals surface area contributed by atoms with Gasteiger partial charge in [-0.15, -0.1) is 0 Å². The van der Waals surface area contributed by atoms with Crippen molar-refractivity contribution < 1.29 is 13.9 Å². The van der Waals surface area contributed by atoms with E-state index in [2.05, 4.69) is 5.32 Å². The van der Waals surface area contributed by atoms with Crippen LogP contribution in [0.25, 0.3) is 0 Å². The first-order chi connectivity index (χ1) is 12.5. The number of nitrogens with one attached hydrogen (secondary N) is 1. The number of rotatable bonds is 9. The van der Waals surface area contributed by atoms with Gasteiger partial charge in [-0.25, -0.2) is 4.39 Å². The zero-order valence-electron chi connectivity index (χ0n) is 14.3. The Kier molecular flexibility index (Phi) is 8.55. The molecule has 0 fully saturated rings. The van der Waals surface area contributed by atoms with Gasteiger partial charge in [-0.2, -0.15) is 11.8 Å². The SMILES string of the molecule is CC[C@@H](Oc1ccc(Cl)cc1)C(=O)NCCSCc1c(F)cccc1Cl. The van der Waals surface area contributed by atoms with E-state index < -0.39 is 6.10 Å². The molecule has 1 amide bonds. The van der Waals surface area contributed by atoms with Gasteiger partial charge in [0.1, 0.15) is 11.6 Å². The molecule has 7 heteroatoms. The lowest BCUT2D eigenvalue weighted by Crippen LogP contribution is -2.39. The Morgan fingerprint density at radius 1 is 1.23 bits per heavy atom. The Morgan fingerprint density at radius 2 is 1.96 bits per heavy atom. The van der Waals surface area contributed by atoms with Gasteiger partial charge in [-0.3, -0.25) is 4.79 Å². The van der Waals surface area contributed by atoms with Crippen LogP contribution in [0.4, 0.5) is 4.39 Å². The summed E-state index contributed by atoms with van der Waals surface area (Å²) in [6, 6.07) is 11.5. The molecule has 2 rings (SSSR count). The van der Waals surface area contributed by atoms with Gasteiger partial charge in [-0.05, 0) is 42.8 Å². The van der Waals surface area contributed by atoms with Crippen LogP contribution in [0, 0.1) is 5.82 Å². The monoisotopic (exact) mass is 415 g/mol. The molecule has 3 nitrogen and oxygen atoms in total. The number of hydrogen-bond acceptors (Lipinski definition) is 3. The normalized spacial score (nSPS) is 11.8. The van der Waals surface area contributed by atoms with Crippen molar-refractivity contribution in [3.63, 3.8) is 0 Å². The lowest BCUT2D eigenvalue weighted by atomic mass is 10.2. The molecule has 140 valence electrons. The number of ether oxygens (including phenoxy) is 1. The van der Waals surface area contributed by atoms with Crippen molar-refractivity contribution in [3.8, 4) is 5.75 Å². The zero-order chi connectivity index (χ0) is 18.9. The van der Waals surface area contributed by atoms with E-state index in [1.54, 1.807) is 36.4 Å². The highest BCUT2D eigenvalue weighted by atomic mass is 35.5. The first-order valence-corrected chi connectivity index (χ1v) is 10.1. The van der Waals surface area contributed by atoms with E-state index in [9.17, 15) is 9.18 Å². The van der Waals surface area contributed by atoms with Crippen LogP contribution in [0.1, 0.15) is 18.9 Å². The smallest absolute Gasteiger partial charge is 0.261 e. The van der Waals surface area contributed by atoms with Crippen LogP contribution < -0.4 is 10.1 Å². The molecule has 0 bridgehead atoms. The second kappa shape index (κ2) is 10.7. The first kappa shape index (κ1) is 20.9. The third kappa shape index (κ3) is 6.38. The van der Waals surface area contributed by atoms with E-state index >= 15 is 0 Å². The number of hydrogen-bond donors (Lipinski definition) is 1. The van der Waals surface area contributed by atoms with E-state index in [4.69, 9.17) is 27.9 Å². The van der Waals surface area contributed by atoms with E-state index in [1.165, 1.54) is 17.8 Å². The van der Waals surface area contributed by atoms with Crippen LogP contribution in [0.2, 0.25) is 10.0 Å². The highest BCUT2D eigenvalue weighted by Crippen LogP contribution is 2.23. The van der Waals surface area contributed by atoms with Gasteiger partial charge in [0.2, 0.25) is 0 Å². The molecule has 0 unspecified atom stereocenters. The van der Waals surface area contributed by atoms with Crippen molar-refractivity contribution in [2.24, 2.45) is 0 Å². The van der Waals surface area contributed by atoms with Crippen LogP contribution in [0.3, 0.4) is 0 Å². The maximum Gasteiger partial charge on any atom is 0.261 e. The third-order valence-corrected chi connectivity index (χ3v) is 5.20. The molecule has 2 aromatic carbocycles. The lowest BCUT2D eigenvalue weighted by molar-refractivity contribution is -0.127. The predicted octanol–water partition coefficient (Wildman–Crippen LogP) is 5.34. The van der Waals surface area contributed by atoms with E-state index in [0.717, 1.165) is 0 Å². The van der Waals surface area contributed by atoms with Gasteiger partial charge < -0.3 is 10.1 Å². The van der Waals surface area contributed by atoms with Gasteiger partial charge in [-0.1, -0.05) is 36.2 Å². The summed E-state index contributed by atoms with van der Waals surface area (Å²) < 4.78 is 19.4. The quantitative estimate of drug-likeness (QED) is 0.561. The lowest BCUT2D eigenvalue weighted by Gasteiger charge is -2.17. The molecule has 1 atom stereocenters. The Hall–Kier alpha value is -1.43. The van der Waals surface area contributed by atoms with Gasteiger partial charge in [0.05, 0.1) is 0 Å². The number of halogens is 3. The average Bonchev–Trinajstić information content (AvgIpc) is 2.63. The predicted molar refractivity (Wildman–Crippen MR) is 107 cm³/mol. The van der Waals surface area contributed by atoms with E-state index in [1.807, 2.05) is 6.92 Å². The largest absolute Gasteiger partial charge is 0.481 e. The van der Waals surface area contributed by atoms with Gasteiger partial charge in [0.15, 0.2) is 6.10 Å². The molecule has 0 aromatic heterocycles. The maximum absolute atomic E-state index is 13.7. The topological polar surface area (TPSA) is 38.3 Å². The third-order valence-electron chi connectivity index (χ3n) is 3.61. The van der Waals surface area contributed by atoms with Crippen molar-refractivity contribution in [1.82, 2.24) is 5.32 Å². The highest BCUT2D eigenvalue weighted by Gasteiger charge is 2.17. The molecule has 26 heavy (non-hydrogen) atoms. The summed E-state index contributed by atoms with van der Waals surface area (Å²) in [7, 11) is 0. The molecule has 0 aliphatic carbocycles. The van der Waals surface area contributed by atoms with Gasteiger partial charge in [0.25, 0.3) is 5.91 Å². The first-order valence-electron chi connectivity index (χ1n) is 8.21. The summed E-state index contributed by atoms with van der Waals surface area (Å²) in [5, 5.41) is 3.88. The number of amides is 1. The fourth-order valence-corrected chi connectivity index (χ4v) is 3.53. The van der Waals surface area contributed by atoms with Crippen LogP contribution in [0.15, 0.2) is 42.5 Å². The van der Waals surface area contributed by atoms with Gasteiger partial charge >= 0.3 is 0 Å². The minimum Gasteiger partial charge on any atom is -0.481 e. The number of carbonyl (C=O) groups is 1. The second-order valence-electron chi connectivity index (χ2n) is 5.51. The molecular weight excluding hydrogens is 396 g/mol. The average molecular weight is 416 g/mol. The summed E-state index contributed by atoms with van der Waals surface area (Å²) in [4.78, 5) is 12.2. The van der Waals surface area contributed by atoms with E-state index in [-0.39, 0.29) is 11.7 Å². The molecule has 0 saturated carbocycles. The number of carbonyl (C=O) groups excluding carboxylic acids is 1. The summed E-state index contributed by atoms with van der Waals surface area (Å²) in [5.74, 6) is 1.22. The molecule has 0 aliphatic rings. The molecule has 0 spiro atoms. The maximum atomic E-state index is 13.7. The van der Waals surface area contributed by atoms with E-state index in [0.29, 0.717) is 45.8 Å². The number of benzene rings is 2. The van der Waals surface area contributed by atoms with Crippen molar-refractivity contribution in [2.75, 3.05) is 12.3 Å². The Morgan fingerprint density at radius 3 is 2.62 bits per heavy atom. The fraction of sp³-hybridized carbons (Fsp3) is 0.316. The molecular formula is C19H20Cl2FNO2S. The molecule has 0 saturated heterocycles. The second-order valence-corrected chi connectivity index (χ2v) is 7.46. The van der Waals surface area contributed by atoms with Crippen LogP contribution in [0.5, 0.6) is 5.75 Å². The summed E-state index contributed by atoms with van der Waals surface area (Å²) in [6.45, 7) is 2.35. The summed E-state index contributed by atoms with van der Waals surface area (Å²) >= 11 is 13.3. The van der Waals surface area contributed by atoms with Gasteiger partial charge in [0, 0.05) is 33.7 Å². The molecule has 0 radical (unpaired) electrons. The Bertz CT molecular complexity index is 708. The highest BCUT2D eigenvalue weighted by molar-refractivity contribution is 7.98. The molecule has 0 heterocycles. The summed E-state index contributed by atoms with van der Waals surface area (Å²) in [6.07, 6.45) is -0.0194. The molecule has 0 aliphatic heterocycles. The molecule has 2 aromatic rings. The minimum atomic E-state index is -0.567. The van der Waals surface area contributed by atoms with Crippen molar-refractivity contribution in [2.45, 2.75) is 25.2 Å². The number of thioether (sulfide) groups is 1. The Labute approximate surface area is 167 Å². The van der Waals surface area contributed by atoms with Crippen molar-refractivity contribution in [3.05, 3.63) is 63.9 Å². The van der Waals surface area contributed by atoms with Crippen LogP contribution >= 0.6 is 35.0 Å². The molecule has 1 N–H and O–H groups in total. The Balaban J connectivity index is 1.73. The van der Waals surface area contributed by atoms with Crippen LogP contribution in [-0.2, 0) is 10.5 Å².